The Labute approximate surface area is 127 Å². The SMILES string of the molecule is CC(C)(C)c1ccc(-c2nc(N)cc(C(C)(C)C)n2)cc1. The van der Waals surface area contributed by atoms with Gasteiger partial charge >= 0.3 is 0 Å². The van der Waals surface area contributed by atoms with Crippen LogP contribution in [0.5, 0.6) is 0 Å². The predicted molar refractivity (Wildman–Crippen MR) is 89.3 cm³/mol. The predicted octanol–water partition coefficient (Wildman–Crippen LogP) is 4.32. The highest BCUT2D eigenvalue weighted by atomic mass is 15.0. The van der Waals surface area contributed by atoms with Crippen molar-refractivity contribution in [2.24, 2.45) is 0 Å². The largest absolute Gasteiger partial charge is 0.384 e. The van der Waals surface area contributed by atoms with Gasteiger partial charge in [0.15, 0.2) is 5.82 Å². The van der Waals surface area contributed by atoms with Crippen molar-refractivity contribution in [2.45, 2.75) is 52.4 Å². The Kier molecular flexibility index (Phi) is 3.79. The molecule has 0 radical (unpaired) electrons. The molecule has 0 saturated carbocycles. The number of benzene rings is 1. The van der Waals surface area contributed by atoms with Crippen molar-refractivity contribution in [1.82, 2.24) is 9.97 Å². The summed E-state index contributed by atoms with van der Waals surface area (Å²) in [6.07, 6.45) is 0. The molecule has 0 aliphatic heterocycles. The van der Waals surface area contributed by atoms with Gasteiger partial charge in [0, 0.05) is 17.0 Å². The van der Waals surface area contributed by atoms with E-state index in [1.165, 1.54) is 5.56 Å². The third-order valence-electron chi connectivity index (χ3n) is 3.52. The van der Waals surface area contributed by atoms with Crippen molar-refractivity contribution >= 4 is 5.82 Å². The Morgan fingerprint density at radius 1 is 0.810 bits per heavy atom. The summed E-state index contributed by atoms with van der Waals surface area (Å²) < 4.78 is 0. The molecule has 1 aromatic carbocycles. The number of hydrogen-bond acceptors (Lipinski definition) is 3. The van der Waals surface area contributed by atoms with Crippen LogP contribution in [0.1, 0.15) is 52.8 Å². The molecule has 21 heavy (non-hydrogen) atoms. The molecule has 0 aliphatic carbocycles. The van der Waals surface area contributed by atoms with Crippen LogP contribution in [0.4, 0.5) is 5.82 Å². The zero-order chi connectivity index (χ0) is 15.8. The van der Waals surface area contributed by atoms with E-state index >= 15 is 0 Å². The first-order chi connectivity index (χ1) is 9.57. The van der Waals surface area contributed by atoms with Crippen LogP contribution < -0.4 is 5.73 Å². The van der Waals surface area contributed by atoms with Crippen LogP contribution in [0.3, 0.4) is 0 Å². The molecule has 3 nitrogen and oxygen atoms in total. The maximum atomic E-state index is 5.94. The Bertz CT molecular complexity index is 629. The molecular weight excluding hydrogens is 258 g/mol. The zero-order valence-corrected chi connectivity index (χ0v) is 13.9. The molecule has 1 aromatic heterocycles. The van der Waals surface area contributed by atoms with Crippen LogP contribution in [0.15, 0.2) is 30.3 Å². The maximum Gasteiger partial charge on any atom is 0.161 e. The smallest absolute Gasteiger partial charge is 0.161 e. The van der Waals surface area contributed by atoms with Gasteiger partial charge in [-0.2, -0.15) is 0 Å². The second-order valence-corrected chi connectivity index (χ2v) is 7.58. The minimum atomic E-state index is -0.0445. The normalized spacial score (nSPS) is 12.5. The molecule has 0 saturated heterocycles. The lowest BCUT2D eigenvalue weighted by molar-refractivity contribution is 0.568. The first kappa shape index (κ1) is 15.5. The summed E-state index contributed by atoms with van der Waals surface area (Å²) >= 11 is 0. The van der Waals surface area contributed by atoms with E-state index in [-0.39, 0.29) is 10.8 Å². The molecule has 1 heterocycles. The molecule has 0 spiro atoms. The van der Waals surface area contributed by atoms with Gasteiger partial charge in [-0.3, -0.25) is 0 Å². The maximum absolute atomic E-state index is 5.94. The second-order valence-electron chi connectivity index (χ2n) is 7.58. The fourth-order valence-corrected chi connectivity index (χ4v) is 2.10. The minimum Gasteiger partial charge on any atom is -0.384 e. The third kappa shape index (κ3) is 3.60. The van der Waals surface area contributed by atoms with Crippen LogP contribution in [-0.4, -0.2) is 9.97 Å². The Balaban J connectivity index is 2.45. The molecule has 112 valence electrons. The van der Waals surface area contributed by atoms with Crippen molar-refractivity contribution < 1.29 is 0 Å². The van der Waals surface area contributed by atoms with E-state index in [0.717, 1.165) is 11.3 Å². The van der Waals surface area contributed by atoms with Crippen molar-refractivity contribution in [3.05, 3.63) is 41.6 Å². The van der Waals surface area contributed by atoms with Crippen molar-refractivity contribution in [1.29, 1.82) is 0 Å². The highest BCUT2D eigenvalue weighted by Crippen LogP contribution is 2.27. The Morgan fingerprint density at radius 3 is 1.86 bits per heavy atom. The van der Waals surface area contributed by atoms with Crippen molar-refractivity contribution in [3.8, 4) is 11.4 Å². The summed E-state index contributed by atoms with van der Waals surface area (Å²) in [5, 5.41) is 0. The van der Waals surface area contributed by atoms with E-state index in [0.29, 0.717) is 11.6 Å². The molecule has 2 aromatic rings. The summed E-state index contributed by atoms with van der Waals surface area (Å²) in [5.74, 6) is 1.21. The van der Waals surface area contributed by atoms with Gasteiger partial charge in [-0.1, -0.05) is 65.8 Å². The van der Waals surface area contributed by atoms with Crippen LogP contribution >= 0.6 is 0 Å². The number of aromatic nitrogens is 2. The van der Waals surface area contributed by atoms with E-state index in [4.69, 9.17) is 5.73 Å². The highest BCUT2D eigenvalue weighted by molar-refractivity contribution is 5.58. The van der Waals surface area contributed by atoms with E-state index in [1.54, 1.807) is 0 Å². The topological polar surface area (TPSA) is 51.8 Å². The van der Waals surface area contributed by atoms with Crippen LogP contribution in [0, 0.1) is 0 Å². The fraction of sp³-hybridized carbons (Fsp3) is 0.444. The van der Waals surface area contributed by atoms with Gasteiger partial charge in [0.1, 0.15) is 5.82 Å². The van der Waals surface area contributed by atoms with Gasteiger partial charge in [-0.05, 0) is 11.0 Å². The summed E-state index contributed by atoms with van der Waals surface area (Å²) in [7, 11) is 0. The van der Waals surface area contributed by atoms with Gasteiger partial charge < -0.3 is 5.73 Å². The summed E-state index contributed by atoms with van der Waals surface area (Å²) in [6, 6.07) is 10.3. The summed E-state index contributed by atoms with van der Waals surface area (Å²) in [6.45, 7) is 13.0. The summed E-state index contributed by atoms with van der Waals surface area (Å²) in [4.78, 5) is 9.05. The lowest BCUT2D eigenvalue weighted by Crippen LogP contribution is -2.15. The molecule has 2 N–H and O–H groups in total. The van der Waals surface area contributed by atoms with Crippen LogP contribution in [0.25, 0.3) is 11.4 Å². The van der Waals surface area contributed by atoms with Crippen LogP contribution in [-0.2, 0) is 10.8 Å². The van der Waals surface area contributed by atoms with Gasteiger partial charge in [-0.15, -0.1) is 0 Å². The number of hydrogen-bond donors (Lipinski definition) is 1. The third-order valence-corrected chi connectivity index (χ3v) is 3.52. The quantitative estimate of drug-likeness (QED) is 0.848. The van der Waals surface area contributed by atoms with E-state index in [2.05, 4.69) is 75.8 Å². The molecular formula is C18H25N3. The number of nitrogens with zero attached hydrogens (tertiary/aromatic N) is 2. The molecule has 2 rings (SSSR count). The van der Waals surface area contributed by atoms with E-state index < -0.39 is 0 Å². The van der Waals surface area contributed by atoms with E-state index in [9.17, 15) is 0 Å². The number of anilines is 1. The Hall–Kier alpha value is -1.90. The molecule has 0 fully saturated rings. The molecule has 0 unspecified atom stereocenters. The second kappa shape index (κ2) is 5.14. The monoisotopic (exact) mass is 283 g/mol. The van der Waals surface area contributed by atoms with Gasteiger partial charge in [0.25, 0.3) is 0 Å². The number of nitrogen functional groups attached to an aromatic ring is 1. The number of nitrogens with two attached hydrogens (primary N) is 1. The highest BCUT2D eigenvalue weighted by Gasteiger charge is 2.18. The zero-order valence-electron chi connectivity index (χ0n) is 13.9. The van der Waals surface area contributed by atoms with Crippen LogP contribution in [0.2, 0.25) is 0 Å². The van der Waals surface area contributed by atoms with Gasteiger partial charge in [0.2, 0.25) is 0 Å². The lowest BCUT2D eigenvalue weighted by atomic mass is 9.86. The Morgan fingerprint density at radius 2 is 1.38 bits per heavy atom. The molecule has 0 aliphatic rings. The first-order valence-electron chi connectivity index (χ1n) is 7.33. The molecule has 0 atom stereocenters. The lowest BCUT2D eigenvalue weighted by Gasteiger charge is -2.20. The fourth-order valence-electron chi connectivity index (χ4n) is 2.10. The van der Waals surface area contributed by atoms with Crippen molar-refractivity contribution in [2.75, 3.05) is 5.73 Å². The first-order valence-corrected chi connectivity index (χ1v) is 7.33. The van der Waals surface area contributed by atoms with Gasteiger partial charge in [0.05, 0.1) is 5.69 Å². The molecule has 3 heteroatoms. The number of rotatable bonds is 1. The minimum absolute atomic E-state index is 0.0445. The standard InChI is InChI=1S/C18H25N3/c1-17(2,3)13-9-7-12(8-10-13)16-20-14(18(4,5)6)11-15(19)21-16/h7-11H,1-6H3,(H2,19,20,21). The van der Waals surface area contributed by atoms with Gasteiger partial charge in [-0.25, -0.2) is 9.97 Å². The summed E-state index contributed by atoms with van der Waals surface area (Å²) in [5.41, 5.74) is 9.30. The van der Waals surface area contributed by atoms with Crippen molar-refractivity contribution in [3.63, 3.8) is 0 Å². The average Bonchev–Trinajstić information content (AvgIpc) is 2.36. The van der Waals surface area contributed by atoms with E-state index in [1.807, 2.05) is 6.07 Å². The average molecular weight is 283 g/mol. The molecule has 0 bridgehead atoms. The molecule has 0 amide bonds.